The third-order valence-corrected chi connectivity index (χ3v) is 5.76. The summed E-state index contributed by atoms with van der Waals surface area (Å²) >= 11 is 6.14. The number of pyridine rings is 1. The molecule has 0 fully saturated rings. The third kappa shape index (κ3) is 4.31. The number of methoxy groups -OCH3 is 1. The van der Waals surface area contributed by atoms with Crippen LogP contribution in [0.2, 0.25) is 5.02 Å². The summed E-state index contributed by atoms with van der Waals surface area (Å²) in [5.41, 5.74) is 0.942. The van der Waals surface area contributed by atoms with Crippen LogP contribution in [0.15, 0.2) is 58.5 Å². The van der Waals surface area contributed by atoms with Gasteiger partial charge in [-0.1, -0.05) is 17.7 Å². The maximum absolute atomic E-state index is 13.6. The number of halogens is 1. The number of carbonyl (C=O) groups is 2. The second kappa shape index (κ2) is 9.25. The lowest BCUT2D eigenvalue weighted by atomic mass is 9.96. The van der Waals surface area contributed by atoms with E-state index < -0.39 is 23.5 Å². The molecule has 33 heavy (non-hydrogen) atoms. The Kier molecular flexibility index (Phi) is 6.40. The Morgan fingerprint density at radius 2 is 2.12 bits per heavy atom. The molecule has 0 aliphatic carbocycles. The first-order chi connectivity index (χ1) is 15.8. The molecular weight excluding hydrogens is 446 g/mol. The molecule has 0 radical (unpaired) electrons. The van der Waals surface area contributed by atoms with E-state index in [9.17, 15) is 14.7 Å². The van der Waals surface area contributed by atoms with E-state index in [0.717, 1.165) is 6.54 Å². The zero-order chi connectivity index (χ0) is 23.7. The van der Waals surface area contributed by atoms with E-state index in [1.165, 1.54) is 18.1 Å². The average molecular weight is 470 g/mol. The van der Waals surface area contributed by atoms with Gasteiger partial charge < -0.3 is 24.1 Å². The number of nitrogens with zero attached hydrogens (tertiary/aromatic N) is 3. The topological polar surface area (TPSA) is 96.1 Å². The minimum atomic E-state index is -0.778. The molecule has 1 amide bonds. The monoisotopic (exact) mass is 469 g/mol. The van der Waals surface area contributed by atoms with Crippen molar-refractivity contribution in [2.75, 3.05) is 34.3 Å². The smallest absolute Gasteiger partial charge is 0.290 e. The van der Waals surface area contributed by atoms with Crippen molar-refractivity contribution in [2.24, 2.45) is 0 Å². The minimum Gasteiger partial charge on any atom is -0.503 e. The van der Waals surface area contributed by atoms with E-state index in [1.54, 1.807) is 36.7 Å². The van der Waals surface area contributed by atoms with Crippen LogP contribution in [0.1, 0.15) is 28.6 Å². The van der Waals surface area contributed by atoms with Crippen LogP contribution in [-0.2, 0) is 4.79 Å². The van der Waals surface area contributed by atoms with Gasteiger partial charge in [-0.05, 0) is 50.8 Å². The number of Topliss-reactive ketones (excluding diaryl/α,β-unsaturated/α-hetero) is 1. The number of ketones is 1. The van der Waals surface area contributed by atoms with Crippen molar-refractivity contribution in [2.45, 2.75) is 12.5 Å². The molecule has 4 rings (SSSR count). The first-order valence-corrected chi connectivity index (χ1v) is 10.8. The fourth-order valence-electron chi connectivity index (χ4n) is 4.04. The first kappa shape index (κ1) is 22.8. The zero-order valence-electron chi connectivity index (χ0n) is 18.5. The number of hydrogen-bond donors (Lipinski definition) is 1. The van der Waals surface area contributed by atoms with E-state index in [2.05, 4.69) is 4.98 Å². The lowest BCUT2D eigenvalue weighted by Gasteiger charge is -2.26. The van der Waals surface area contributed by atoms with Gasteiger partial charge in [0.15, 0.2) is 22.9 Å². The predicted octanol–water partition coefficient (Wildman–Crippen LogP) is 4.02. The van der Waals surface area contributed by atoms with Gasteiger partial charge in [-0.15, -0.1) is 0 Å². The molecule has 0 saturated carbocycles. The molecule has 1 aliphatic rings. The molecule has 1 unspecified atom stereocenters. The fraction of sp³-hybridized carbons (Fsp3) is 0.292. The molecule has 9 heteroatoms. The van der Waals surface area contributed by atoms with Gasteiger partial charge in [-0.3, -0.25) is 14.6 Å². The minimum absolute atomic E-state index is 0.0241. The first-order valence-electron chi connectivity index (χ1n) is 10.4. The van der Waals surface area contributed by atoms with E-state index in [4.69, 9.17) is 20.8 Å². The van der Waals surface area contributed by atoms with Crippen molar-refractivity contribution in [3.05, 3.63) is 70.4 Å². The summed E-state index contributed by atoms with van der Waals surface area (Å²) in [6.45, 7) is 1.11. The summed E-state index contributed by atoms with van der Waals surface area (Å²) in [6.07, 6.45) is 3.87. The standard InChI is InChI=1S/C24H24ClN3O5/c1-27(2)8-5-9-28-20(14-6-4-7-26-13-14)19(22(30)24(28)31)21(29)17-11-15-10-16(25)12-18(32-3)23(15)33-17/h4,6-7,10-13,20,30H,5,8-9H2,1-3H3. The number of aliphatic hydroxyl groups excluding tert-OH is 1. The highest BCUT2D eigenvalue weighted by Crippen LogP contribution is 2.40. The Morgan fingerprint density at radius 1 is 1.33 bits per heavy atom. The maximum Gasteiger partial charge on any atom is 0.290 e. The number of hydrogen-bond acceptors (Lipinski definition) is 7. The summed E-state index contributed by atoms with van der Waals surface area (Å²) in [6, 6.07) is 7.49. The molecule has 0 bridgehead atoms. The van der Waals surface area contributed by atoms with Gasteiger partial charge >= 0.3 is 0 Å². The van der Waals surface area contributed by atoms with Crippen LogP contribution >= 0.6 is 11.6 Å². The van der Waals surface area contributed by atoms with Gasteiger partial charge in [-0.2, -0.15) is 0 Å². The number of carbonyl (C=O) groups excluding carboxylic acids is 2. The van der Waals surface area contributed by atoms with Crippen molar-refractivity contribution in [3.63, 3.8) is 0 Å². The molecule has 172 valence electrons. The average Bonchev–Trinajstić information content (AvgIpc) is 3.33. The second-order valence-electron chi connectivity index (χ2n) is 8.07. The molecule has 1 aliphatic heterocycles. The fourth-order valence-corrected chi connectivity index (χ4v) is 4.26. The Bertz CT molecular complexity index is 1240. The van der Waals surface area contributed by atoms with E-state index in [0.29, 0.717) is 40.3 Å². The normalized spacial score (nSPS) is 16.3. The summed E-state index contributed by atoms with van der Waals surface area (Å²) in [4.78, 5) is 34.2. The molecule has 0 spiro atoms. The highest BCUT2D eigenvalue weighted by Gasteiger charge is 2.44. The van der Waals surface area contributed by atoms with Crippen LogP contribution < -0.4 is 4.74 Å². The highest BCUT2D eigenvalue weighted by atomic mass is 35.5. The number of aliphatic hydroxyl groups is 1. The van der Waals surface area contributed by atoms with Gasteiger partial charge in [0.1, 0.15) is 0 Å². The molecule has 1 atom stereocenters. The molecule has 3 heterocycles. The lowest BCUT2D eigenvalue weighted by molar-refractivity contribution is -0.129. The van der Waals surface area contributed by atoms with Gasteiger partial charge in [-0.25, -0.2) is 0 Å². The second-order valence-corrected chi connectivity index (χ2v) is 8.51. The predicted molar refractivity (Wildman–Crippen MR) is 124 cm³/mol. The molecular formula is C24H24ClN3O5. The molecule has 8 nitrogen and oxygen atoms in total. The number of rotatable bonds is 8. The summed E-state index contributed by atoms with van der Waals surface area (Å²) in [7, 11) is 5.36. The van der Waals surface area contributed by atoms with Crippen molar-refractivity contribution in [1.82, 2.24) is 14.8 Å². The van der Waals surface area contributed by atoms with Crippen molar-refractivity contribution in [3.8, 4) is 5.75 Å². The Hall–Kier alpha value is -3.36. The molecule has 2 aromatic heterocycles. The largest absolute Gasteiger partial charge is 0.503 e. The van der Waals surface area contributed by atoms with Crippen molar-refractivity contribution >= 4 is 34.3 Å². The quantitative estimate of drug-likeness (QED) is 0.498. The summed E-state index contributed by atoms with van der Waals surface area (Å²) < 4.78 is 11.1. The Morgan fingerprint density at radius 3 is 2.79 bits per heavy atom. The van der Waals surface area contributed by atoms with Gasteiger partial charge in [0.2, 0.25) is 5.78 Å². The van der Waals surface area contributed by atoms with Gasteiger partial charge in [0.25, 0.3) is 5.91 Å². The van der Waals surface area contributed by atoms with Crippen LogP contribution in [-0.4, -0.2) is 65.9 Å². The van der Waals surface area contributed by atoms with Crippen LogP contribution in [0.5, 0.6) is 5.75 Å². The highest BCUT2D eigenvalue weighted by molar-refractivity contribution is 6.31. The molecule has 3 aromatic rings. The van der Waals surface area contributed by atoms with Crippen molar-refractivity contribution < 1.29 is 23.8 Å². The number of amides is 1. The number of ether oxygens (including phenoxy) is 1. The molecule has 1 N–H and O–H groups in total. The van der Waals surface area contributed by atoms with E-state index in [1.807, 2.05) is 19.0 Å². The molecule has 1 aromatic carbocycles. The Labute approximate surface area is 196 Å². The number of fused-ring (bicyclic) bond motifs is 1. The summed E-state index contributed by atoms with van der Waals surface area (Å²) in [5.74, 6) is -1.40. The van der Waals surface area contributed by atoms with E-state index in [-0.39, 0.29) is 11.3 Å². The van der Waals surface area contributed by atoms with Crippen LogP contribution in [0.4, 0.5) is 0 Å². The third-order valence-electron chi connectivity index (χ3n) is 5.54. The van der Waals surface area contributed by atoms with Gasteiger partial charge in [0.05, 0.1) is 18.7 Å². The van der Waals surface area contributed by atoms with Gasteiger partial charge in [0, 0.05) is 35.4 Å². The number of aromatic nitrogens is 1. The summed E-state index contributed by atoms with van der Waals surface area (Å²) in [5, 5.41) is 11.8. The van der Waals surface area contributed by atoms with Crippen LogP contribution in [0, 0.1) is 0 Å². The SMILES string of the molecule is COc1cc(Cl)cc2cc(C(=O)C3=C(O)C(=O)N(CCCN(C)C)C3c3cccnc3)oc12. The van der Waals surface area contributed by atoms with Crippen LogP contribution in [0.3, 0.4) is 0 Å². The zero-order valence-corrected chi connectivity index (χ0v) is 19.3. The lowest BCUT2D eigenvalue weighted by Crippen LogP contribution is -2.33. The Balaban J connectivity index is 1.76. The van der Waals surface area contributed by atoms with Crippen molar-refractivity contribution in [1.29, 1.82) is 0 Å². The van der Waals surface area contributed by atoms with E-state index >= 15 is 0 Å². The number of furan rings is 1. The maximum atomic E-state index is 13.6. The molecule has 0 saturated heterocycles. The number of benzene rings is 1. The van der Waals surface area contributed by atoms with Crippen LogP contribution in [0.25, 0.3) is 11.0 Å².